The second-order valence-corrected chi connectivity index (χ2v) is 8.47. The highest BCUT2D eigenvalue weighted by Gasteiger charge is 2.22. The molecule has 0 radical (unpaired) electrons. The molecule has 0 spiro atoms. The number of anilines is 3. The number of thiocyanates is 1. The second-order valence-electron chi connectivity index (χ2n) is 7.69. The van der Waals surface area contributed by atoms with Gasteiger partial charge in [0.25, 0.3) is 5.91 Å². The van der Waals surface area contributed by atoms with E-state index >= 15 is 0 Å². The number of nitrogens with one attached hydrogen (secondary N) is 1. The number of nitrogens with zero attached hydrogens (tertiary/aromatic N) is 6. The Kier molecular flexibility index (Phi) is 7.09. The van der Waals surface area contributed by atoms with Gasteiger partial charge in [0, 0.05) is 35.7 Å². The van der Waals surface area contributed by atoms with Crippen LogP contribution in [0.15, 0.2) is 59.8 Å². The fraction of sp³-hybridized carbons (Fsp3) is 0.174. The molecule has 0 bridgehead atoms. The van der Waals surface area contributed by atoms with Crippen LogP contribution in [0, 0.1) is 32.1 Å². The molecule has 11 heteroatoms. The lowest BCUT2D eigenvalue weighted by atomic mass is 9.85. The smallest absolute Gasteiger partial charge is 0.320 e. The zero-order chi connectivity index (χ0) is 24.9. The van der Waals surface area contributed by atoms with Gasteiger partial charge >= 0.3 is 5.69 Å². The number of nitro groups is 1. The number of nitriles is 2. The molecular formula is C23H19N7O3S. The summed E-state index contributed by atoms with van der Waals surface area (Å²) in [5.74, 6) is -0.187. The Hall–Kier alpha value is -4.48. The summed E-state index contributed by atoms with van der Waals surface area (Å²) in [5.41, 5.74) is 1.18. The van der Waals surface area contributed by atoms with Gasteiger partial charge in [0.15, 0.2) is 5.03 Å². The first-order valence-corrected chi connectivity index (χ1v) is 10.7. The Balaban J connectivity index is 1.84. The van der Waals surface area contributed by atoms with Crippen molar-refractivity contribution >= 4 is 40.7 Å². The lowest BCUT2D eigenvalue weighted by Crippen LogP contribution is -2.17. The molecule has 10 nitrogen and oxygen atoms in total. The predicted molar refractivity (Wildman–Crippen MR) is 128 cm³/mol. The molecule has 0 aliphatic carbocycles. The number of amides is 1. The third kappa shape index (κ3) is 5.28. The Labute approximate surface area is 200 Å². The van der Waals surface area contributed by atoms with E-state index in [1.54, 1.807) is 79.7 Å². The van der Waals surface area contributed by atoms with Crippen LogP contribution in [-0.2, 0) is 5.41 Å². The molecule has 1 N–H and O–H groups in total. The van der Waals surface area contributed by atoms with Crippen molar-refractivity contribution in [3.63, 3.8) is 0 Å². The van der Waals surface area contributed by atoms with E-state index in [-0.39, 0.29) is 22.6 Å². The first-order valence-electron chi connectivity index (χ1n) is 9.90. The summed E-state index contributed by atoms with van der Waals surface area (Å²) in [4.78, 5) is 33.1. The number of hydrogen-bond donors (Lipinski definition) is 1. The summed E-state index contributed by atoms with van der Waals surface area (Å²) in [6.07, 6.45) is 1.06. The molecule has 3 aromatic rings. The summed E-state index contributed by atoms with van der Waals surface area (Å²) in [7, 11) is 1.66. The van der Waals surface area contributed by atoms with E-state index < -0.39 is 10.3 Å². The fourth-order valence-corrected chi connectivity index (χ4v) is 3.43. The quantitative estimate of drug-likeness (QED) is 0.168. The van der Waals surface area contributed by atoms with E-state index in [0.29, 0.717) is 28.7 Å². The molecule has 3 rings (SSSR count). The molecule has 0 fully saturated rings. The average molecular weight is 474 g/mol. The first kappa shape index (κ1) is 24.2. The van der Waals surface area contributed by atoms with Crippen molar-refractivity contribution in [1.29, 1.82) is 10.5 Å². The highest BCUT2D eigenvalue weighted by Crippen LogP contribution is 2.30. The van der Waals surface area contributed by atoms with Crippen LogP contribution in [0.25, 0.3) is 0 Å². The molecule has 0 unspecified atom stereocenters. The van der Waals surface area contributed by atoms with E-state index in [1.807, 2.05) is 0 Å². The van der Waals surface area contributed by atoms with Crippen molar-refractivity contribution in [1.82, 2.24) is 9.97 Å². The normalized spacial score (nSPS) is 10.6. The van der Waals surface area contributed by atoms with Crippen molar-refractivity contribution < 1.29 is 9.72 Å². The van der Waals surface area contributed by atoms with Gasteiger partial charge in [-0.1, -0.05) is 18.2 Å². The van der Waals surface area contributed by atoms with Gasteiger partial charge in [0.05, 0.1) is 16.4 Å². The van der Waals surface area contributed by atoms with Crippen LogP contribution in [0.2, 0.25) is 0 Å². The molecule has 170 valence electrons. The standard InChI is InChI=1S/C23H19N7O3S/c1-23(2,13-24)16-7-4-6-15(10-16)20(31)27-17-8-5-9-18(11-17)29(3)22-26-12-19(30(32)33)21(28-22)34-14-25/h4-12H,1-3H3,(H,27,31). The van der Waals surface area contributed by atoms with Gasteiger partial charge in [-0.15, -0.1) is 0 Å². The molecule has 0 atom stereocenters. The maximum atomic E-state index is 12.8. The summed E-state index contributed by atoms with van der Waals surface area (Å²) in [6, 6.07) is 16.0. The Morgan fingerprint density at radius 1 is 1.21 bits per heavy atom. The van der Waals surface area contributed by atoms with Crippen LogP contribution in [0.1, 0.15) is 29.8 Å². The van der Waals surface area contributed by atoms with Crippen LogP contribution < -0.4 is 10.2 Å². The van der Waals surface area contributed by atoms with Crippen molar-refractivity contribution in [3.8, 4) is 11.5 Å². The van der Waals surface area contributed by atoms with Gasteiger partial charge < -0.3 is 10.2 Å². The Bertz CT molecular complexity index is 1340. The number of carbonyl (C=O) groups is 1. The maximum absolute atomic E-state index is 12.8. The predicted octanol–water partition coefficient (Wildman–Crippen LogP) is 4.78. The minimum atomic E-state index is -0.730. The summed E-state index contributed by atoms with van der Waals surface area (Å²) in [6.45, 7) is 3.56. The summed E-state index contributed by atoms with van der Waals surface area (Å²) >= 11 is 0.580. The third-order valence-corrected chi connectivity index (χ3v) is 5.56. The second kappa shape index (κ2) is 9.98. The largest absolute Gasteiger partial charge is 0.322 e. The monoisotopic (exact) mass is 473 g/mol. The molecule has 34 heavy (non-hydrogen) atoms. The van der Waals surface area contributed by atoms with E-state index in [9.17, 15) is 20.2 Å². The van der Waals surface area contributed by atoms with Crippen molar-refractivity contribution in [3.05, 3.63) is 76.0 Å². The maximum Gasteiger partial charge on any atom is 0.320 e. The number of carbonyl (C=O) groups excluding carboxylic acids is 1. The van der Waals surface area contributed by atoms with Crippen LogP contribution in [0.4, 0.5) is 23.0 Å². The summed E-state index contributed by atoms with van der Waals surface area (Å²) in [5, 5.41) is 34.0. The van der Waals surface area contributed by atoms with Crippen molar-refractivity contribution in [2.45, 2.75) is 24.3 Å². The molecule has 2 aromatic carbocycles. The zero-order valence-corrected chi connectivity index (χ0v) is 19.3. The Morgan fingerprint density at radius 3 is 2.62 bits per heavy atom. The fourth-order valence-electron chi connectivity index (χ4n) is 2.98. The highest BCUT2D eigenvalue weighted by atomic mass is 32.2. The van der Waals surface area contributed by atoms with E-state index in [4.69, 9.17) is 5.26 Å². The third-order valence-electron chi connectivity index (χ3n) is 4.98. The number of benzene rings is 2. The minimum Gasteiger partial charge on any atom is -0.322 e. The van der Waals surface area contributed by atoms with Crippen LogP contribution in [0.3, 0.4) is 0 Å². The van der Waals surface area contributed by atoms with Gasteiger partial charge in [-0.3, -0.25) is 14.9 Å². The molecule has 0 aliphatic heterocycles. The van der Waals surface area contributed by atoms with E-state index in [0.717, 1.165) is 11.8 Å². The van der Waals surface area contributed by atoms with E-state index in [1.165, 1.54) is 0 Å². The summed E-state index contributed by atoms with van der Waals surface area (Å²) < 4.78 is 0. The Morgan fingerprint density at radius 2 is 1.94 bits per heavy atom. The lowest BCUT2D eigenvalue weighted by molar-refractivity contribution is -0.388. The van der Waals surface area contributed by atoms with Gasteiger partial charge in [-0.2, -0.15) is 15.5 Å². The minimum absolute atomic E-state index is 0.0611. The number of rotatable bonds is 7. The first-order chi connectivity index (χ1) is 16.2. The van der Waals surface area contributed by atoms with Crippen LogP contribution in [-0.4, -0.2) is 27.8 Å². The lowest BCUT2D eigenvalue weighted by Gasteiger charge is -2.19. The molecule has 1 amide bonds. The topological polar surface area (TPSA) is 149 Å². The van der Waals surface area contributed by atoms with Gasteiger partial charge in [-0.05, 0) is 49.7 Å². The number of thioether (sulfide) groups is 1. The highest BCUT2D eigenvalue weighted by molar-refractivity contribution is 8.03. The SMILES string of the molecule is CN(c1cccc(NC(=O)c2cccc(C(C)(C)C#N)c2)c1)c1ncc([N+](=O)[O-])c(SC#N)n1. The number of aromatic nitrogens is 2. The van der Waals surface area contributed by atoms with Gasteiger partial charge in [-0.25, -0.2) is 4.98 Å². The molecular weight excluding hydrogens is 454 g/mol. The van der Waals surface area contributed by atoms with Crippen LogP contribution in [0.5, 0.6) is 0 Å². The molecule has 0 saturated carbocycles. The average Bonchev–Trinajstić information content (AvgIpc) is 2.83. The van der Waals surface area contributed by atoms with Crippen LogP contribution >= 0.6 is 11.8 Å². The van der Waals surface area contributed by atoms with Gasteiger partial charge in [0.2, 0.25) is 5.95 Å². The molecule has 1 heterocycles. The van der Waals surface area contributed by atoms with Crippen molar-refractivity contribution in [2.75, 3.05) is 17.3 Å². The number of hydrogen-bond acceptors (Lipinski definition) is 9. The molecule has 0 saturated heterocycles. The van der Waals surface area contributed by atoms with Crippen molar-refractivity contribution in [2.24, 2.45) is 0 Å². The molecule has 1 aromatic heterocycles. The molecule has 0 aliphatic rings. The van der Waals surface area contributed by atoms with Gasteiger partial charge in [0.1, 0.15) is 11.6 Å². The van der Waals surface area contributed by atoms with E-state index in [2.05, 4.69) is 21.4 Å². The zero-order valence-electron chi connectivity index (χ0n) is 18.5.